The number of nitro benzene ring substituents is 1. The molecule has 0 atom stereocenters. The van der Waals surface area contributed by atoms with Crippen molar-refractivity contribution in [2.45, 2.75) is 6.54 Å². The third kappa shape index (κ3) is 4.51. The third-order valence-corrected chi connectivity index (χ3v) is 3.61. The van der Waals surface area contributed by atoms with Crippen molar-refractivity contribution in [2.75, 3.05) is 39.8 Å². The SMILES string of the molecule is CN1CCN(C(=O)CNCc2ccc([N+](=O)[O-])cc2)CC1. The van der Waals surface area contributed by atoms with Gasteiger partial charge in [-0.05, 0) is 12.6 Å². The molecule has 0 unspecified atom stereocenters. The number of benzene rings is 1. The number of piperazine rings is 1. The van der Waals surface area contributed by atoms with Crippen LogP contribution in [0.3, 0.4) is 0 Å². The van der Waals surface area contributed by atoms with E-state index in [4.69, 9.17) is 0 Å². The van der Waals surface area contributed by atoms with Gasteiger partial charge in [-0.1, -0.05) is 12.1 Å². The topological polar surface area (TPSA) is 78.7 Å². The van der Waals surface area contributed by atoms with Crippen LogP contribution >= 0.6 is 0 Å². The molecule has 1 N–H and O–H groups in total. The number of non-ortho nitro benzene ring substituents is 1. The summed E-state index contributed by atoms with van der Waals surface area (Å²) in [5, 5.41) is 13.6. The Morgan fingerprint density at radius 2 is 1.86 bits per heavy atom. The molecule has 1 amide bonds. The van der Waals surface area contributed by atoms with Gasteiger partial charge in [-0.15, -0.1) is 0 Å². The molecular formula is C14H20N4O3. The van der Waals surface area contributed by atoms with Crippen LogP contribution in [0.15, 0.2) is 24.3 Å². The number of rotatable bonds is 5. The number of carbonyl (C=O) groups excluding carboxylic acids is 1. The van der Waals surface area contributed by atoms with Crippen LogP contribution in [0.2, 0.25) is 0 Å². The summed E-state index contributed by atoms with van der Waals surface area (Å²) >= 11 is 0. The van der Waals surface area contributed by atoms with Crippen LogP contribution in [-0.4, -0.2) is 60.4 Å². The van der Waals surface area contributed by atoms with Crippen molar-refractivity contribution < 1.29 is 9.72 Å². The van der Waals surface area contributed by atoms with Crippen LogP contribution in [0.4, 0.5) is 5.69 Å². The first-order valence-corrected chi connectivity index (χ1v) is 6.96. The number of nitrogens with one attached hydrogen (secondary N) is 1. The fourth-order valence-electron chi connectivity index (χ4n) is 2.22. The summed E-state index contributed by atoms with van der Waals surface area (Å²) in [6.45, 7) is 4.18. The van der Waals surface area contributed by atoms with Crippen molar-refractivity contribution in [1.82, 2.24) is 15.1 Å². The van der Waals surface area contributed by atoms with Crippen LogP contribution in [0.25, 0.3) is 0 Å². The van der Waals surface area contributed by atoms with E-state index < -0.39 is 4.92 Å². The van der Waals surface area contributed by atoms with Crippen molar-refractivity contribution >= 4 is 11.6 Å². The lowest BCUT2D eigenvalue weighted by molar-refractivity contribution is -0.384. The smallest absolute Gasteiger partial charge is 0.269 e. The highest BCUT2D eigenvalue weighted by Gasteiger charge is 2.18. The molecule has 1 aromatic rings. The molecular weight excluding hydrogens is 272 g/mol. The molecule has 0 spiro atoms. The molecule has 0 radical (unpaired) electrons. The van der Waals surface area contributed by atoms with Gasteiger partial charge >= 0.3 is 0 Å². The molecule has 0 aromatic heterocycles. The van der Waals surface area contributed by atoms with Crippen molar-refractivity contribution in [3.63, 3.8) is 0 Å². The molecule has 0 saturated carbocycles. The highest BCUT2D eigenvalue weighted by molar-refractivity contribution is 5.78. The molecule has 1 aliphatic rings. The number of nitrogens with zero attached hydrogens (tertiary/aromatic N) is 3. The fraction of sp³-hybridized carbons (Fsp3) is 0.500. The number of hydrogen-bond acceptors (Lipinski definition) is 5. The highest BCUT2D eigenvalue weighted by Crippen LogP contribution is 2.11. The van der Waals surface area contributed by atoms with E-state index in [-0.39, 0.29) is 11.6 Å². The predicted molar refractivity (Wildman–Crippen MR) is 78.9 cm³/mol. The van der Waals surface area contributed by atoms with E-state index in [1.165, 1.54) is 12.1 Å². The average Bonchev–Trinajstić information content (AvgIpc) is 2.48. The van der Waals surface area contributed by atoms with Gasteiger partial charge < -0.3 is 15.1 Å². The molecule has 1 saturated heterocycles. The Morgan fingerprint density at radius 3 is 2.43 bits per heavy atom. The number of carbonyl (C=O) groups is 1. The Balaban J connectivity index is 1.73. The minimum atomic E-state index is -0.423. The van der Waals surface area contributed by atoms with Gasteiger partial charge in [0.15, 0.2) is 0 Å². The number of hydrogen-bond donors (Lipinski definition) is 1. The zero-order valence-corrected chi connectivity index (χ0v) is 12.1. The summed E-state index contributed by atoms with van der Waals surface area (Å²) in [4.78, 5) is 26.2. The molecule has 0 bridgehead atoms. The number of amides is 1. The molecule has 1 heterocycles. The first kappa shape index (κ1) is 15.4. The summed E-state index contributed by atoms with van der Waals surface area (Å²) in [6, 6.07) is 6.34. The second-order valence-corrected chi connectivity index (χ2v) is 5.21. The van der Waals surface area contributed by atoms with Crippen LogP contribution in [-0.2, 0) is 11.3 Å². The Labute approximate surface area is 123 Å². The van der Waals surface area contributed by atoms with E-state index >= 15 is 0 Å². The maximum Gasteiger partial charge on any atom is 0.269 e. The quantitative estimate of drug-likeness (QED) is 0.630. The fourth-order valence-corrected chi connectivity index (χ4v) is 2.22. The Morgan fingerprint density at radius 1 is 1.24 bits per heavy atom. The Kier molecular flexibility index (Phi) is 5.24. The molecule has 0 aliphatic carbocycles. The van der Waals surface area contributed by atoms with Gasteiger partial charge in [0.05, 0.1) is 11.5 Å². The minimum Gasteiger partial charge on any atom is -0.339 e. The molecule has 7 heteroatoms. The lowest BCUT2D eigenvalue weighted by Crippen LogP contribution is -2.49. The summed E-state index contributed by atoms with van der Waals surface area (Å²) in [7, 11) is 2.05. The molecule has 1 aliphatic heterocycles. The summed E-state index contributed by atoms with van der Waals surface area (Å²) in [5.74, 6) is 0.102. The first-order valence-electron chi connectivity index (χ1n) is 6.96. The average molecular weight is 292 g/mol. The Bertz CT molecular complexity index is 495. The maximum absolute atomic E-state index is 12.0. The molecule has 7 nitrogen and oxygen atoms in total. The van der Waals surface area contributed by atoms with Gasteiger partial charge in [0.1, 0.15) is 0 Å². The first-order chi connectivity index (χ1) is 10.1. The van der Waals surface area contributed by atoms with Gasteiger partial charge in [-0.25, -0.2) is 0 Å². The molecule has 21 heavy (non-hydrogen) atoms. The summed E-state index contributed by atoms with van der Waals surface area (Å²) < 4.78 is 0. The number of nitro groups is 1. The molecule has 1 aromatic carbocycles. The van der Waals surface area contributed by atoms with Crippen LogP contribution in [0, 0.1) is 10.1 Å². The zero-order chi connectivity index (χ0) is 15.2. The van der Waals surface area contributed by atoms with E-state index in [0.29, 0.717) is 13.1 Å². The van der Waals surface area contributed by atoms with E-state index in [2.05, 4.69) is 17.3 Å². The van der Waals surface area contributed by atoms with E-state index in [1.54, 1.807) is 12.1 Å². The van der Waals surface area contributed by atoms with Crippen LogP contribution < -0.4 is 5.32 Å². The zero-order valence-electron chi connectivity index (χ0n) is 12.1. The van der Waals surface area contributed by atoms with E-state index in [0.717, 1.165) is 31.7 Å². The van der Waals surface area contributed by atoms with Crippen molar-refractivity contribution in [3.8, 4) is 0 Å². The molecule has 1 fully saturated rings. The summed E-state index contributed by atoms with van der Waals surface area (Å²) in [5.41, 5.74) is 0.999. The predicted octanol–water partition coefficient (Wildman–Crippen LogP) is 0.458. The van der Waals surface area contributed by atoms with Gasteiger partial charge in [0, 0.05) is 44.9 Å². The van der Waals surface area contributed by atoms with E-state index in [1.807, 2.05) is 4.90 Å². The Hall–Kier alpha value is -1.99. The molecule has 2 rings (SSSR count). The minimum absolute atomic E-state index is 0.0762. The number of likely N-dealkylation sites (N-methyl/N-ethyl adjacent to an activating group) is 1. The van der Waals surface area contributed by atoms with Crippen molar-refractivity contribution in [1.29, 1.82) is 0 Å². The second kappa shape index (κ2) is 7.14. The van der Waals surface area contributed by atoms with Gasteiger partial charge in [0.25, 0.3) is 5.69 Å². The third-order valence-electron chi connectivity index (χ3n) is 3.61. The normalized spacial score (nSPS) is 16.0. The van der Waals surface area contributed by atoms with Crippen molar-refractivity contribution in [2.24, 2.45) is 0 Å². The highest BCUT2D eigenvalue weighted by atomic mass is 16.6. The summed E-state index contributed by atoms with van der Waals surface area (Å²) in [6.07, 6.45) is 0. The van der Waals surface area contributed by atoms with Crippen LogP contribution in [0.5, 0.6) is 0 Å². The second-order valence-electron chi connectivity index (χ2n) is 5.21. The lowest BCUT2D eigenvalue weighted by atomic mass is 10.2. The van der Waals surface area contributed by atoms with E-state index in [9.17, 15) is 14.9 Å². The monoisotopic (exact) mass is 292 g/mol. The van der Waals surface area contributed by atoms with Crippen molar-refractivity contribution in [3.05, 3.63) is 39.9 Å². The maximum atomic E-state index is 12.0. The standard InChI is InChI=1S/C14H20N4O3/c1-16-6-8-17(9-7-16)14(19)11-15-10-12-2-4-13(5-3-12)18(20)21/h2-5,15H,6-11H2,1H3. The molecule has 114 valence electrons. The van der Waals surface area contributed by atoms with Gasteiger partial charge in [-0.3, -0.25) is 14.9 Å². The van der Waals surface area contributed by atoms with Gasteiger partial charge in [-0.2, -0.15) is 0 Å². The van der Waals surface area contributed by atoms with Gasteiger partial charge in [0.2, 0.25) is 5.91 Å². The largest absolute Gasteiger partial charge is 0.339 e. The van der Waals surface area contributed by atoms with Crippen LogP contribution in [0.1, 0.15) is 5.56 Å². The lowest BCUT2D eigenvalue weighted by Gasteiger charge is -2.32.